The van der Waals surface area contributed by atoms with Gasteiger partial charge in [0.05, 0.1) is 19.3 Å². The molecule has 2 aromatic rings. The molecule has 21 heavy (non-hydrogen) atoms. The van der Waals surface area contributed by atoms with Gasteiger partial charge in [-0.15, -0.1) is 0 Å². The second-order valence-electron chi connectivity index (χ2n) is 4.40. The van der Waals surface area contributed by atoms with Crippen molar-refractivity contribution in [2.24, 2.45) is 0 Å². The van der Waals surface area contributed by atoms with Crippen LogP contribution in [0.1, 0.15) is 22.8 Å². The minimum absolute atomic E-state index is 0.0821. The van der Waals surface area contributed by atoms with Gasteiger partial charge in [-0.25, -0.2) is 0 Å². The normalized spacial score (nSPS) is 10.6. The quantitative estimate of drug-likeness (QED) is 0.593. The van der Waals surface area contributed by atoms with Gasteiger partial charge in [-0.1, -0.05) is 30.3 Å². The number of carbonyl (C=O) groups excluding carboxylic acids is 1. The number of rotatable bonds is 6. The maximum atomic E-state index is 12.2. The van der Waals surface area contributed by atoms with Crippen molar-refractivity contribution in [3.8, 4) is 11.5 Å². The Balaban J connectivity index is 2.11. The van der Waals surface area contributed by atoms with Gasteiger partial charge in [0.1, 0.15) is 11.5 Å². The SMILES string of the molecule is CCOc1ccc(C=CC(=O)c2ccccc2OC)cc1. The fourth-order valence-corrected chi connectivity index (χ4v) is 1.95. The van der Waals surface area contributed by atoms with Crippen LogP contribution in [-0.2, 0) is 0 Å². The van der Waals surface area contributed by atoms with E-state index in [-0.39, 0.29) is 5.78 Å². The molecule has 0 aliphatic heterocycles. The third-order valence-electron chi connectivity index (χ3n) is 2.99. The Morgan fingerprint density at radius 3 is 2.48 bits per heavy atom. The standard InChI is InChI=1S/C18H18O3/c1-3-21-15-11-8-14(9-12-15)10-13-17(19)16-6-4-5-7-18(16)20-2/h4-13H,3H2,1-2H3. The zero-order valence-electron chi connectivity index (χ0n) is 12.2. The summed E-state index contributed by atoms with van der Waals surface area (Å²) in [6.07, 6.45) is 3.33. The van der Waals surface area contributed by atoms with Crippen LogP contribution in [0.4, 0.5) is 0 Å². The van der Waals surface area contributed by atoms with E-state index in [4.69, 9.17) is 9.47 Å². The summed E-state index contributed by atoms with van der Waals surface area (Å²) in [7, 11) is 1.56. The third kappa shape index (κ3) is 3.96. The summed E-state index contributed by atoms with van der Waals surface area (Å²) in [6, 6.07) is 14.8. The molecule has 0 unspecified atom stereocenters. The smallest absolute Gasteiger partial charge is 0.189 e. The lowest BCUT2D eigenvalue weighted by molar-refractivity contribution is 0.104. The second kappa shape index (κ2) is 7.29. The summed E-state index contributed by atoms with van der Waals surface area (Å²) >= 11 is 0. The molecule has 0 bridgehead atoms. The topological polar surface area (TPSA) is 35.5 Å². The number of hydrogen-bond acceptors (Lipinski definition) is 3. The Bertz CT molecular complexity index is 627. The van der Waals surface area contributed by atoms with Gasteiger partial charge in [-0.3, -0.25) is 4.79 Å². The molecule has 3 heteroatoms. The lowest BCUT2D eigenvalue weighted by atomic mass is 10.1. The molecule has 0 fully saturated rings. The fourth-order valence-electron chi connectivity index (χ4n) is 1.95. The van der Waals surface area contributed by atoms with Gasteiger partial charge >= 0.3 is 0 Å². The Morgan fingerprint density at radius 1 is 1.10 bits per heavy atom. The van der Waals surface area contributed by atoms with Gasteiger partial charge in [0.2, 0.25) is 0 Å². The van der Waals surface area contributed by atoms with Crippen LogP contribution in [0.3, 0.4) is 0 Å². The molecule has 0 amide bonds. The molecule has 2 aromatic carbocycles. The molecule has 108 valence electrons. The molecule has 0 heterocycles. The van der Waals surface area contributed by atoms with E-state index in [0.29, 0.717) is 17.9 Å². The van der Waals surface area contributed by atoms with Crippen LogP contribution in [0.5, 0.6) is 11.5 Å². The van der Waals surface area contributed by atoms with Crippen molar-refractivity contribution in [1.82, 2.24) is 0 Å². The molecule has 2 rings (SSSR count). The summed E-state index contributed by atoms with van der Waals surface area (Å²) in [5, 5.41) is 0. The highest BCUT2D eigenvalue weighted by atomic mass is 16.5. The predicted molar refractivity (Wildman–Crippen MR) is 84.0 cm³/mol. The van der Waals surface area contributed by atoms with Gasteiger partial charge in [-0.2, -0.15) is 0 Å². The van der Waals surface area contributed by atoms with Crippen molar-refractivity contribution in [2.75, 3.05) is 13.7 Å². The number of ether oxygens (including phenoxy) is 2. The molecule has 0 aromatic heterocycles. The first-order valence-electron chi connectivity index (χ1n) is 6.83. The van der Waals surface area contributed by atoms with E-state index in [9.17, 15) is 4.79 Å². The molecule has 0 N–H and O–H groups in total. The van der Waals surface area contributed by atoms with E-state index < -0.39 is 0 Å². The summed E-state index contributed by atoms with van der Waals surface area (Å²) in [6.45, 7) is 2.58. The van der Waals surface area contributed by atoms with Gasteiger partial charge in [0.15, 0.2) is 5.78 Å². The van der Waals surface area contributed by atoms with E-state index in [1.807, 2.05) is 43.3 Å². The van der Waals surface area contributed by atoms with Crippen LogP contribution in [-0.4, -0.2) is 19.5 Å². The minimum atomic E-state index is -0.0821. The maximum absolute atomic E-state index is 12.2. The molecule has 0 radical (unpaired) electrons. The largest absolute Gasteiger partial charge is 0.496 e. The van der Waals surface area contributed by atoms with Crippen LogP contribution in [0.25, 0.3) is 6.08 Å². The van der Waals surface area contributed by atoms with Crippen LogP contribution in [0.15, 0.2) is 54.6 Å². The molecule has 0 aliphatic carbocycles. The van der Waals surface area contributed by atoms with Crippen LogP contribution < -0.4 is 9.47 Å². The molecule has 0 atom stereocenters. The lowest BCUT2D eigenvalue weighted by Crippen LogP contribution is -1.98. The first kappa shape index (κ1) is 14.9. The zero-order valence-corrected chi connectivity index (χ0v) is 12.2. The Labute approximate surface area is 124 Å². The molecular weight excluding hydrogens is 264 g/mol. The Hall–Kier alpha value is -2.55. The first-order valence-corrected chi connectivity index (χ1v) is 6.83. The maximum Gasteiger partial charge on any atom is 0.189 e. The summed E-state index contributed by atoms with van der Waals surface area (Å²) in [5.74, 6) is 1.32. The van der Waals surface area contributed by atoms with E-state index in [1.54, 1.807) is 31.4 Å². The molecule has 0 saturated heterocycles. The highest BCUT2D eigenvalue weighted by Gasteiger charge is 2.07. The summed E-state index contributed by atoms with van der Waals surface area (Å²) < 4.78 is 10.6. The number of allylic oxidation sites excluding steroid dienone is 1. The number of para-hydroxylation sites is 1. The fraction of sp³-hybridized carbons (Fsp3) is 0.167. The number of benzene rings is 2. The van der Waals surface area contributed by atoms with Crippen LogP contribution in [0, 0.1) is 0 Å². The van der Waals surface area contributed by atoms with Crippen molar-refractivity contribution in [2.45, 2.75) is 6.92 Å². The van der Waals surface area contributed by atoms with Crippen LogP contribution >= 0.6 is 0 Å². The molecule has 0 aliphatic rings. The number of ketones is 1. The minimum Gasteiger partial charge on any atom is -0.496 e. The first-order chi connectivity index (χ1) is 10.2. The van der Waals surface area contributed by atoms with Crippen molar-refractivity contribution in [3.63, 3.8) is 0 Å². The van der Waals surface area contributed by atoms with Gasteiger partial charge in [0.25, 0.3) is 0 Å². The number of methoxy groups -OCH3 is 1. The van der Waals surface area contributed by atoms with Gasteiger partial charge < -0.3 is 9.47 Å². The van der Waals surface area contributed by atoms with E-state index in [2.05, 4.69) is 0 Å². The number of hydrogen-bond donors (Lipinski definition) is 0. The summed E-state index contributed by atoms with van der Waals surface area (Å²) in [4.78, 5) is 12.2. The van der Waals surface area contributed by atoms with Crippen molar-refractivity contribution in [3.05, 3.63) is 65.7 Å². The van der Waals surface area contributed by atoms with E-state index in [1.165, 1.54) is 0 Å². The summed E-state index contributed by atoms with van der Waals surface area (Å²) in [5.41, 5.74) is 1.50. The molecule has 3 nitrogen and oxygen atoms in total. The average molecular weight is 282 g/mol. The second-order valence-corrected chi connectivity index (χ2v) is 4.40. The van der Waals surface area contributed by atoms with E-state index >= 15 is 0 Å². The molecular formula is C18H18O3. The zero-order chi connectivity index (χ0) is 15.1. The molecule has 0 saturated carbocycles. The lowest BCUT2D eigenvalue weighted by Gasteiger charge is -2.04. The van der Waals surface area contributed by atoms with Crippen LogP contribution in [0.2, 0.25) is 0 Å². The highest BCUT2D eigenvalue weighted by Crippen LogP contribution is 2.19. The van der Waals surface area contributed by atoms with E-state index in [0.717, 1.165) is 11.3 Å². The van der Waals surface area contributed by atoms with Crippen molar-refractivity contribution >= 4 is 11.9 Å². The number of carbonyl (C=O) groups is 1. The van der Waals surface area contributed by atoms with Crippen molar-refractivity contribution < 1.29 is 14.3 Å². The Kier molecular flexibility index (Phi) is 5.16. The average Bonchev–Trinajstić information content (AvgIpc) is 2.54. The van der Waals surface area contributed by atoms with Gasteiger partial charge in [0, 0.05) is 0 Å². The van der Waals surface area contributed by atoms with Gasteiger partial charge in [-0.05, 0) is 42.8 Å². The predicted octanol–water partition coefficient (Wildman–Crippen LogP) is 3.99. The Morgan fingerprint density at radius 2 is 1.81 bits per heavy atom. The molecule has 0 spiro atoms. The van der Waals surface area contributed by atoms with Crippen molar-refractivity contribution in [1.29, 1.82) is 0 Å². The highest BCUT2D eigenvalue weighted by molar-refractivity contribution is 6.08. The monoisotopic (exact) mass is 282 g/mol. The third-order valence-corrected chi connectivity index (χ3v) is 2.99.